The summed E-state index contributed by atoms with van der Waals surface area (Å²) in [6.07, 6.45) is 6.38. The number of guanidine groups is 1. The Labute approximate surface area is 198 Å². The zero-order chi connectivity index (χ0) is 20.9. The summed E-state index contributed by atoms with van der Waals surface area (Å²) in [6.45, 7) is 2.78. The van der Waals surface area contributed by atoms with Gasteiger partial charge in [-0.15, -0.1) is 24.0 Å². The van der Waals surface area contributed by atoms with E-state index in [9.17, 15) is 4.39 Å². The Kier molecular flexibility index (Phi) is 7.67. The molecule has 31 heavy (non-hydrogen) atoms. The Morgan fingerprint density at radius 1 is 1.23 bits per heavy atom. The van der Waals surface area contributed by atoms with Gasteiger partial charge >= 0.3 is 0 Å². The lowest BCUT2D eigenvalue weighted by molar-refractivity contribution is 0.629. The first-order valence-corrected chi connectivity index (χ1v) is 9.97. The van der Waals surface area contributed by atoms with E-state index in [-0.39, 0.29) is 35.8 Å². The minimum Gasteiger partial charge on any atom is -0.361 e. The van der Waals surface area contributed by atoms with Gasteiger partial charge in [0, 0.05) is 43.1 Å². The maximum Gasteiger partial charge on any atom is 0.191 e. The molecule has 8 heteroatoms. The normalized spacial score (nSPS) is 12.4. The molecular weight excluding hydrogens is 506 g/mol. The lowest BCUT2D eigenvalue weighted by Gasteiger charge is -2.19. The van der Waals surface area contributed by atoms with Crippen LogP contribution < -0.4 is 10.6 Å². The lowest BCUT2D eigenvalue weighted by atomic mass is 10.1. The van der Waals surface area contributed by atoms with Crippen LogP contribution in [0.5, 0.6) is 0 Å². The number of benzene rings is 2. The van der Waals surface area contributed by atoms with Crippen LogP contribution in [0.15, 0.2) is 72.1 Å². The van der Waals surface area contributed by atoms with Crippen molar-refractivity contribution in [3.63, 3.8) is 0 Å². The predicted octanol–water partition coefficient (Wildman–Crippen LogP) is 4.58. The average molecular weight is 532 g/mol. The zero-order valence-corrected chi connectivity index (χ0v) is 19.8. The van der Waals surface area contributed by atoms with Crippen molar-refractivity contribution in [1.29, 1.82) is 0 Å². The summed E-state index contributed by atoms with van der Waals surface area (Å²) in [7, 11) is 1.75. The standard InChI is InChI=1S/C23H25FN6.HI/c1-16(17-5-3-6-20(13-17)30-12-4-10-28-30)29-23(25-2)26-11-9-18-15-27-22-8-7-19(24)14-21(18)22;/h3-8,10,12-16,27H,9,11H2,1-2H3,(H2,25,26,29);1H. The van der Waals surface area contributed by atoms with E-state index in [1.165, 1.54) is 6.07 Å². The van der Waals surface area contributed by atoms with E-state index in [4.69, 9.17) is 0 Å². The molecule has 6 nitrogen and oxygen atoms in total. The molecule has 0 spiro atoms. The molecule has 3 N–H and O–H groups in total. The monoisotopic (exact) mass is 532 g/mol. The number of nitrogens with one attached hydrogen (secondary N) is 3. The highest BCUT2D eigenvalue weighted by Crippen LogP contribution is 2.20. The molecule has 162 valence electrons. The Morgan fingerprint density at radius 3 is 2.87 bits per heavy atom. The highest BCUT2D eigenvalue weighted by Gasteiger charge is 2.10. The number of aliphatic imine (C=N–C) groups is 1. The highest BCUT2D eigenvalue weighted by molar-refractivity contribution is 14.0. The second-order valence-electron chi connectivity index (χ2n) is 7.16. The first-order chi connectivity index (χ1) is 14.6. The molecule has 0 saturated heterocycles. The molecule has 0 aliphatic rings. The van der Waals surface area contributed by atoms with Crippen molar-refractivity contribution >= 4 is 40.8 Å². The average Bonchev–Trinajstić information content (AvgIpc) is 3.43. The second kappa shape index (κ2) is 10.4. The Bertz CT molecular complexity index is 1150. The fourth-order valence-corrected chi connectivity index (χ4v) is 3.51. The number of rotatable bonds is 6. The van der Waals surface area contributed by atoms with Crippen LogP contribution in [0.4, 0.5) is 4.39 Å². The number of nitrogens with zero attached hydrogens (tertiary/aromatic N) is 3. The highest BCUT2D eigenvalue weighted by atomic mass is 127. The van der Waals surface area contributed by atoms with Gasteiger partial charge in [0.1, 0.15) is 5.82 Å². The van der Waals surface area contributed by atoms with Crippen LogP contribution >= 0.6 is 24.0 Å². The molecule has 4 rings (SSSR count). The molecule has 0 bridgehead atoms. The number of hydrogen-bond donors (Lipinski definition) is 3. The summed E-state index contributed by atoms with van der Waals surface area (Å²) in [5.74, 6) is 0.498. The smallest absolute Gasteiger partial charge is 0.191 e. The molecule has 0 saturated carbocycles. The van der Waals surface area contributed by atoms with E-state index in [2.05, 4.69) is 44.8 Å². The van der Waals surface area contributed by atoms with Crippen LogP contribution in [0.3, 0.4) is 0 Å². The second-order valence-corrected chi connectivity index (χ2v) is 7.16. The summed E-state index contributed by atoms with van der Waals surface area (Å²) in [6, 6.07) is 15.0. The van der Waals surface area contributed by atoms with Gasteiger partial charge in [-0.3, -0.25) is 4.99 Å². The van der Waals surface area contributed by atoms with E-state index in [0.29, 0.717) is 6.54 Å². The van der Waals surface area contributed by atoms with Gasteiger partial charge in [0.05, 0.1) is 11.7 Å². The third-order valence-electron chi connectivity index (χ3n) is 5.13. The summed E-state index contributed by atoms with van der Waals surface area (Å²) in [5.41, 5.74) is 4.17. The molecule has 4 aromatic rings. The van der Waals surface area contributed by atoms with E-state index in [1.807, 2.05) is 35.3 Å². The van der Waals surface area contributed by atoms with Crippen LogP contribution in [0.1, 0.15) is 24.1 Å². The van der Waals surface area contributed by atoms with E-state index in [1.54, 1.807) is 25.4 Å². The third kappa shape index (κ3) is 5.43. The molecule has 2 aromatic heterocycles. The molecule has 0 amide bonds. The molecule has 0 aliphatic heterocycles. The van der Waals surface area contributed by atoms with Gasteiger partial charge in [0.2, 0.25) is 0 Å². The maximum atomic E-state index is 13.6. The first kappa shape index (κ1) is 22.8. The van der Waals surface area contributed by atoms with Crippen LogP contribution in [-0.2, 0) is 6.42 Å². The Hall–Kier alpha value is -2.88. The number of aromatic nitrogens is 3. The molecule has 2 aromatic carbocycles. The Balaban J connectivity index is 0.00000272. The number of halogens is 2. The van der Waals surface area contributed by atoms with Gasteiger partial charge < -0.3 is 15.6 Å². The van der Waals surface area contributed by atoms with Crippen molar-refractivity contribution in [3.8, 4) is 5.69 Å². The Morgan fingerprint density at radius 2 is 2.10 bits per heavy atom. The summed E-state index contributed by atoms with van der Waals surface area (Å²) >= 11 is 0. The van der Waals surface area contributed by atoms with E-state index >= 15 is 0 Å². The van der Waals surface area contributed by atoms with E-state index in [0.717, 1.165) is 40.1 Å². The van der Waals surface area contributed by atoms with Crippen LogP contribution in [0.2, 0.25) is 0 Å². The maximum absolute atomic E-state index is 13.6. The van der Waals surface area contributed by atoms with Gasteiger partial charge in [-0.2, -0.15) is 5.10 Å². The molecule has 1 atom stereocenters. The minimum absolute atomic E-state index is 0. The predicted molar refractivity (Wildman–Crippen MR) is 134 cm³/mol. The zero-order valence-electron chi connectivity index (χ0n) is 17.5. The quantitative estimate of drug-likeness (QED) is 0.194. The van der Waals surface area contributed by atoms with Gasteiger partial charge in [-0.25, -0.2) is 9.07 Å². The SMILES string of the molecule is CN=C(NCCc1c[nH]c2ccc(F)cc12)NC(C)c1cccc(-n2cccn2)c1.I. The topological polar surface area (TPSA) is 70.0 Å². The number of hydrogen-bond acceptors (Lipinski definition) is 2. The van der Waals surface area contributed by atoms with Crippen molar-refractivity contribution in [1.82, 2.24) is 25.4 Å². The summed E-state index contributed by atoms with van der Waals surface area (Å²) in [5, 5.41) is 12.0. The molecule has 0 aliphatic carbocycles. The van der Waals surface area contributed by atoms with Crippen LogP contribution in [-0.4, -0.2) is 34.3 Å². The molecule has 1 unspecified atom stereocenters. The van der Waals surface area contributed by atoms with Crippen molar-refractivity contribution in [2.24, 2.45) is 4.99 Å². The molecule has 2 heterocycles. The van der Waals surface area contributed by atoms with Crippen LogP contribution in [0, 0.1) is 5.82 Å². The van der Waals surface area contributed by atoms with Crippen molar-refractivity contribution in [2.75, 3.05) is 13.6 Å². The third-order valence-corrected chi connectivity index (χ3v) is 5.13. The summed E-state index contributed by atoms with van der Waals surface area (Å²) in [4.78, 5) is 7.52. The van der Waals surface area contributed by atoms with Gasteiger partial charge in [0.25, 0.3) is 0 Å². The largest absolute Gasteiger partial charge is 0.361 e. The minimum atomic E-state index is -0.222. The van der Waals surface area contributed by atoms with Crippen molar-refractivity contribution in [3.05, 3.63) is 84.1 Å². The van der Waals surface area contributed by atoms with Crippen LogP contribution in [0.25, 0.3) is 16.6 Å². The fourth-order valence-electron chi connectivity index (χ4n) is 3.51. The van der Waals surface area contributed by atoms with Gasteiger partial charge in [0.15, 0.2) is 5.96 Å². The van der Waals surface area contributed by atoms with Crippen molar-refractivity contribution < 1.29 is 4.39 Å². The lowest BCUT2D eigenvalue weighted by Crippen LogP contribution is -2.39. The number of H-pyrrole nitrogens is 1. The number of aromatic amines is 1. The van der Waals surface area contributed by atoms with Gasteiger partial charge in [-0.1, -0.05) is 12.1 Å². The molecule has 0 radical (unpaired) electrons. The fraction of sp³-hybridized carbons (Fsp3) is 0.217. The molecular formula is C23H26FIN6. The van der Waals surface area contributed by atoms with Crippen molar-refractivity contribution in [2.45, 2.75) is 19.4 Å². The molecule has 0 fully saturated rings. The van der Waals surface area contributed by atoms with Gasteiger partial charge in [-0.05, 0) is 60.9 Å². The summed E-state index contributed by atoms with van der Waals surface area (Å²) < 4.78 is 15.4. The number of fused-ring (bicyclic) bond motifs is 1. The first-order valence-electron chi connectivity index (χ1n) is 9.97. The van der Waals surface area contributed by atoms with E-state index < -0.39 is 0 Å².